The molecule has 1 saturated heterocycles. The molecule has 8 heteroatoms. The molecular weight excluding hydrogens is 462 g/mol. The highest BCUT2D eigenvalue weighted by Gasteiger charge is 2.25. The minimum atomic E-state index is 0.546. The summed E-state index contributed by atoms with van der Waals surface area (Å²) in [5, 5.41) is 0.866. The lowest BCUT2D eigenvalue weighted by Crippen LogP contribution is -2.31. The van der Waals surface area contributed by atoms with Crippen LogP contribution in [0.15, 0.2) is 41.4 Å². The van der Waals surface area contributed by atoms with E-state index in [1.165, 1.54) is 32.4 Å². The monoisotopic (exact) mass is 493 g/mol. The van der Waals surface area contributed by atoms with Crippen LogP contribution in [0.3, 0.4) is 0 Å². The molecule has 2 aliphatic rings. The molecule has 2 aromatic carbocycles. The molecule has 0 amide bonds. The van der Waals surface area contributed by atoms with Gasteiger partial charge in [-0.2, -0.15) is 0 Å². The van der Waals surface area contributed by atoms with E-state index >= 15 is 0 Å². The van der Waals surface area contributed by atoms with Gasteiger partial charge in [-0.25, -0.2) is 9.97 Å². The summed E-state index contributed by atoms with van der Waals surface area (Å²) in [6.45, 7) is 3.41. The van der Waals surface area contributed by atoms with Gasteiger partial charge >= 0.3 is 0 Å². The van der Waals surface area contributed by atoms with Crippen molar-refractivity contribution in [2.45, 2.75) is 30.7 Å². The van der Waals surface area contributed by atoms with Gasteiger partial charge in [-0.1, -0.05) is 24.6 Å². The van der Waals surface area contributed by atoms with Crippen LogP contribution in [-0.4, -0.2) is 61.6 Å². The Bertz CT molecular complexity index is 1170. The van der Waals surface area contributed by atoms with Crippen molar-refractivity contribution in [3.63, 3.8) is 0 Å². The number of thioether (sulfide) groups is 1. The first kappa shape index (κ1) is 23.8. The van der Waals surface area contributed by atoms with Gasteiger partial charge in [-0.3, -0.25) is 0 Å². The topological polar surface area (TPSA) is 65.9 Å². The van der Waals surface area contributed by atoms with Crippen molar-refractivity contribution >= 4 is 11.8 Å². The van der Waals surface area contributed by atoms with Crippen molar-refractivity contribution in [2.75, 3.05) is 46.7 Å². The van der Waals surface area contributed by atoms with Crippen molar-refractivity contribution < 1.29 is 18.9 Å². The fourth-order valence-electron chi connectivity index (χ4n) is 4.63. The van der Waals surface area contributed by atoms with Crippen molar-refractivity contribution in [3.8, 4) is 40.1 Å². The average Bonchev–Trinajstić information content (AvgIpc) is 2.91. The molecule has 3 aromatic rings. The molecule has 1 fully saturated rings. The van der Waals surface area contributed by atoms with E-state index in [9.17, 15) is 0 Å². The third-order valence-corrected chi connectivity index (χ3v) is 7.40. The third-order valence-electron chi connectivity index (χ3n) is 6.47. The van der Waals surface area contributed by atoms with Crippen LogP contribution in [0.1, 0.15) is 30.5 Å². The van der Waals surface area contributed by atoms with Crippen LogP contribution in [0.5, 0.6) is 28.7 Å². The molecule has 0 aliphatic carbocycles. The molecule has 5 rings (SSSR count). The zero-order valence-electron chi connectivity index (χ0n) is 20.5. The molecule has 0 spiro atoms. The standard InChI is InChI=1S/C27H31N3O4S/c1-31-22-16-19(17-23(32-2)25(22)33-3)26-28-20-15-18-9-5-6-10-21(18)34-24(20)27(29-26)35-14-13-30-11-7-4-8-12-30/h5-6,9-10,16-17H,4,7-8,11-15H2,1-3H3. The zero-order chi connectivity index (χ0) is 24.2. The van der Waals surface area contributed by atoms with Crippen LogP contribution in [0.25, 0.3) is 11.4 Å². The first-order chi connectivity index (χ1) is 17.2. The Morgan fingerprint density at radius 2 is 1.69 bits per heavy atom. The van der Waals surface area contributed by atoms with Crippen molar-refractivity contribution in [2.24, 2.45) is 0 Å². The number of likely N-dealkylation sites (tertiary alicyclic amines) is 1. The molecule has 0 saturated carbocycles. The Morgan fingerprint density at radius 1 is 0.943 bits per heavy atom. The maximum atomic E-state index is 6.34. The number of nitrogens with zero attached hydrogens (tertiary/aromatic N) is 3. The molecule has 2 aliphatic heterocycles. The molecule has 35 heavy (non-hydrogen) atoms. The van der Waals surface area contributed by atoms with Gasteiger partial charge in [0.1, 0.15) is 10.8 Å². The Balaban J connectivity index is 1.51. The van der Waals surface area contributed by atoms with Crippen LogP contribution >= 0.6 is 11.8 Å². The predicted octanol–water partition coefficient (Wildman–Crippen LogP) is 5.44. The van der Waals surface area contributed by atoms with Gasteiger partial charge in [0.05, 0.1) is 27.0 Å². The summed E-state index contributed by atoms with van der Waals surface area (Å²) in [6.07, 6.45) is 4.62. The number of hydrogen-bond donors (Lipinski definition) is 0. The highest BCUT2D eigenvalue weighted by Crippen LogP contribution is 2.44. The van der Waals surface area contributed by atoms with Gasteiger partial charge in [0.25, 0.3) is 0 Å². The lowest BCUT2D eigenvalue weighted by atomic mass is 10.1. The van der Waals surface area contributed by atoms with Gasteiger partial charge < -0.3 is 23.8 Å². The number of hydrogen-bond acceptors (Lipinski definition) is 8. The van der Waals surface area contributed by atoms with Crippen molar-refractivity contribution in [3.05, 3.63) is 47.7 Å². The van der Waals surface area contributed by atoms with Gasteiger partial charge in [0.2, 0.25) is 5.75 Å². The number of para-hydroxylation sites is 1. The van der Waals surface area contributed by atoms with E-state index in [2.05, 4.69) is 11.0 Å². The summed E-state index contributed by atoms with van der Waals surface area (Å²) >= 11 is 1.73. The fraction of sp³-hybridized carbons (Fsp3) is 0.407. The fourth-order valence-corrected chi connectivity index (χ4v) is 5.61. The van der Waals surface area contributed by atoms with E-state index < -0.39 is 0 Å². The Hall–Kier alpha value is -2.97. The van der Waals surface area contributed by atoms with Crippen LogP contribution in [0.2, 0.25) is 0 Å². The molecule has 184 valence electrons. The number of rotatable bonds is 8. The molecule has 0 atom stereocenters. The highest BCUT2D eigenvalue weighted by atomic mass is 32.2. The Labute approximate surface area is 210 Å². The van der Waals surface area contributed by atoms with Crippen LogP contribution in [0, 0.1) is 0 Å². The van der Waals surface area contributed by atoms with Crippen molar-refractivity contribution in [1.82, 2.24) is 14.9 Å². The normalized spacial score (nSPS) is 15.1. The summed E-state index contributed by atoms with van der Waals surface area (Å²) in [4.78, 5) is 12.5. The third kappa shape index (κ3) is 5.04. The van der Waals surface area contributed by atoms with Gasteiger partial charge in [-0.05, 0) is 44.1 Å². The molecule has 0 unspecified atom stereocenters. The second-order valence-electron chi connectivity index (χ2n) is 8.68. The first-order valence-electron chi connectivity index (χ1n) is 12.0. The number of ether oxygens (including phenoxy) is 4. The SMILES string of the molecule is COc1cc(-c2nc3c(c(SCCN4CCCCC4)n2)Oc2ccccc2C3)cc(OC)c1OC. The maximum absolute atomic E-state index is 6.34. The first-order valence-corrected chi connectivity index (χ1v) is 13.0. The molecule has 0 N–H and O–H groups in total. The second kappa shape index (κ2) is 10.7. The number of methoxy groups -OCH3 is 3. The van der Waals surface area contributed by atoms with Gasteiger partial charge in [0.15, 0.2) is 23.1 Å². The molecular formula is C27H31N3O4S. The quantitative estimate of drug-likeness (QED) is 0.237. The van der Waals surface area contributed by atoms with E-state index in [0.29, 0.717) is 29.5 Å². The van der Waals surface area contributed by atoms with E-state index in [1.807, 2.05) is 30.3 Å². The summed E-state index contributed by atoms with van der Waals surface area (Å²) in [5.41, 5.74) is 2.82. The van der Waals surface area contributed by atoms with Crippen LogP contribution < -0.4 is 18.9 Å². The number of fused-ring (bicyclic) bond motifs is 2. The number of piperidine rings is 1. The average molecular weight is 494 g/mol. The minimum absolute atomic E-state index is 0.546. The number of benzene rings is 2. The number of aromatic nitrogens is 2. The largest absolute Gasteiger partial charge is 0.493 e. The smallest absolute Gasteiger partial charge is 0.203 e. The lowest BCUT2D eigenvalue weighted by molar-refractivity contribution is 0.242. The summed E-state index contributed by atoms with van der Waals surface area (Å²) in [5.74, 6) is 4.90. The van der Waals surface area contributed by atoms with Crippen molar-refractivity contribution in [1.29, 1.82) is 0 Å². The highest BCUT2D eigenvalue weighted by molar-refractivity contribution is 7.99. The van der Waals surface area contributed by atoms with E-state index in [1.54, 1.807) is 33.1 Å². The zero-order valence-corrected chi connectivity index (χ0v) is 21.3. The van der Waals surface area contributed by atoms with Crippen LogP contribution in [-0.2, 0) is 6.42 Å². The summed E-state index contributed by atoms with van der Waals surface area (Å²) < 4.78 is 23.0. The van der Waals surface area contributed by atoms with Crippen LogP contribution in [0.4, 0.5) is 0 Å². The summed E-state index contributed by atoms with van der Waals surface area (Å²) in [7, 11) is 4.82. The van der Waals surface area contributed by atoms with E-state index in [0.717, 1.165) is 45.6 Å². The molecule has 0 bridgehead atoms. The Kier molecular flexibility index (Phi) is 7.29. The maximum Gasteiger partial charge on any atom is 0.203 e. The van der Waals surface area contributed by atoms with E-state index in [4.69, 9.17) is 28.9 Å². The molecule has 0 radical (unpaired) electrons. The Morgan fingerprint density at radius 3 is 2.40 bits per heavy atom. The molecule has 3 heterocycles. The molecule has 7 nitrogen and oxygen atoms in total. The minimum Gasteiger partial charge on any atom is -0.493 e. The van der Waals surface area contributed by atoms with E-state index in [-0.39, 0.29) is 0 Å². The lowest BCUT2D eigenvalue weighted by Gasteiger charge is -2.26. The molecule has 1 aromatic heterocycles. The van der Waals surface area contributed by atoms with Gasteiger partial charge in [-0.15, -0.1) is 11.8 Å². The predicted molar refractivity (Wildman–Crippen MR) is 137 cm³/mol. The van der Waals surface area contributed by atoms with Gasteiger partial charge in [0, 0.05) is 29.8 Å². The second-order valence-corrected chi connectivity index (χ2v) is 9.76. The summed E-state index contributed by atoms with van der Waals surface area (Å²) in [6, 6.07) is 11.9.